The third kappa shape index (κ3) is 3.72. The first-order valence-electron chi connectivity index (χ1n) is 5.80. The Balaban J connectivity index is 2.03. The molecule has 1 aromatic heterocycles. The molecule has 0 bridgehead atoms. The summed E-state index contributed by atoms with van der Waals surface area (Å²) in [6.07, 6.45) is 8.79. The van der Waals surface area contributed by atoms with Gasteiger partial charge in [-0.15, -0.1) is 11.8 Å². The normalized spacial score (nSPS) is 10.8. The Morgan fingerprint density at radius 3 is 2.89 bits per heavy atom. The number of hydrogen-bond donors (Lipinski definition) is 1. The standard InChI is InChI=1S/C14H15N3OS/c1-17-10-11(9-15-17)7-8-14(18)16-12-5-3-4-6-13(12)19-2/h3-10H,1-2H3,(H,16,18)/b8-7+. The number of para-hydroxylation sites is 1. The van der Waals surface area contributed by atoms with Crippen LogP contribution in [0, 0.1) is 0 Å². The predicted molar refractivity (Wildman–Crippen MR) is 79.1 cm³/mol. The zero-order chi connectivity index (χ0) is 13.7. The third-order valence-electron chi connectivity index (χ3n) is 2.52. The van der Waals surface area contributed by atoms with E-state index in [4.69, 9.17) is 0 Å². The summed E-state index contributed by atoms with van der Waals surface area (Å²) < 4.78 is 1.70. The van der Waals surface area contributed by atoms with Crippen molar-refractivity contribution in [3.8, 4) is 0 Å². The molecule has 0 aliphatic heterocycles. The fourth-order valence-corrected chi connectivity index (χ4v) is 2.17. The average molecular weight is 273 g/mol. The first kappa shape index (κ1) is 13.4. The van der Waals surface area contributed by atoms with Crippen LogP contribution in [0.3, 0.4) is 0 Å². The number of carbonyl (C=O) groups is 1. The van der Waals surface area contributed by atoms with Gasteiger partial charge in [0.05, 0.1) is 11.9 Å². The van der Waals surface area contributed by atoms with Crippen LogP contribution in [0.4, 0.5) is 5.69 Å². The van der Waals surface area contributed by atoms with Crippen molar-refractivity contribution in [2.24, 2.45) is 7.05 Å². The van der Waals surface area contributed by atoms with E-state index in [2.05, 4.69) is 10.4 Å². The van der Waals surface area contributed by atoms with Gasteiger partial charge in [0.1, 0.15) is 0 Å². The maximum Gasteiger partial charge on any atom is 0.248 e. The number of anilines is 1. The van der Waals surface area contributed by atoms with Crippen LogP contribution in [0.2, 0.25) is 0 Å². The summed E-state index contributed by atoms with van der Waals surface area (Å²) >= 11 is 1.60. The van der Waals surface area contributed by atoms with E-state index in [1.165, 1.54) is 6.08 Å². The molecule has 0 aliphatic carbocycles. The molecule has 0 saturated heterocycles. The highest BCUT2D eigenvalue weighted by atomic mass is 32.2. The highest BCUT2D eigenvalue weighted by Crippen LogP contribution is 2.24. The number of carbonyl (C=O) groups excluding carboxylic acids is 1. The Hall–Kier alpha value is -2.01. The van der Waals surface area contributed by atoms with Gasteiger partial charge in [0, 0.05) is 29.8 Å². The molecule has 5 heteroatoms. The number of nitrogens with one attached hydrogen (secondary N) is 1. The molecule has 2 rings (SSSR count). The molecule has 0 saturated carbocycles. The monoisotopic (exact) mass is 273 g/mol. The lowest BCUT2D eigenvalue weighted by Gasteiger charge is -2.06. The smallest absolute Gasteiger partial charge is 0.248 e. The summed E-state index contributed by atoms with van der Waals surface area (Å²) in [4.78, 5) is 12.9. The highest BCUT2D eigenvalue weighted by Gasteiger charge is 2.02. The van der Waals surface area contributed by atoms with Crippen molar-refractivity contribution in [3.05, 3.63) is 48.3 Å². The van der Waals surface area contributed by atoms with Gasteiger partial charge in [-0.3, -0.25) is 9.48 Å². The Kier molecular flexibility index (Phi) is 4.41. The zero-order valence-corrected chi connectivity index (χ0v) is 11.6. The van der Waals surface area contributed by atoms with Crippen LogP contribution in [0.15, 0.2) is 47.6 Å². The van der Waals surface area contributed by atoms with E-state index in [0.717, 1.165) is 16.1 Å². The van der Waals surface area contributed by atoms with Crippen molar-refractivity contribution in [1.29, 1.82) is 0 Å². The quantitative estimate of drug-likeness (QED) is 0.688. The Labute approximate surface area is 116 Å². The summed E-state index contributed by atoms with van der Waals surface area (Å²) in [5.41, 5.74) is 1.73. The molecule has 2 aromatic rings. The average Bonchev–Trinajstić information content (AvgIpc) is 2.83. The summed E-state index contributed by atoms with van der Waals surface area (Å²) in [5.74, 6) is -0.148. The number of thioether (sulfide) groups is 1. The van der Waals surface area contributed by atoms with Crippen molar-refractivity contribution in [2.45, 2.75) is 4.90 Å². The molecule has 0 unspecified atom stereocenters. The first-order valence-corrected chi connectivity index (χ1v) is 7.02. The molecule has 1 heterocycles. The van der Waals surface area contributed by atoms with Crippen molar-refractivity contribution < 1.29 is 4.79 Å². The summed E-state index contributed by atoms with van der Waals surface area (Å²) in [7, 11) is 1.84. The lowest BCUT2D eigenvalue weighted by atomic mass is 10.3. The summed E-state index contributed by atoms with van der Waals surface area (Å²) in [6.45, 7) is 0. The molecule has 1 N–H and O–H groups in total. The lowest BCUT2D eigenvalue weighted by Crippen LogP contribution is -2.08. The Morgan fingerprint density at radius 2 is 2.21 bits per heavy atom. The summed E-state index contributed by atoms with van der Waals surface area (Å²) in [5, 5.41) is 6.90. The molecule has 0 fully saturated rings. The Bertz CT molecular complexity index is 604. The van der Waals surface area contributed by atoms with Crippen molar-refractivity contribution >= 4 is 29.4 Å². The molecule has 98 valence electrons. The fraction of sp³-hybridized carbons (Fsp3) is 0.143. The number of rotatable bonds is 4. The molecule has 0 radical (unpaired) electrons. The van der Waals surface area contributed by atoms with Crippen LogP contribution in [0.25, 0.3) is 6.08 Å². The number of hydrogen-bond acceptors (Lipinski definition) is 3. The van der Waals surface area contributed by atoms with Gasteiger partial charge in [0.25, 0.3) is 0 Å². The van der Waals surface area contributed by atoms with Gasteiger partial charge < -0.3 is 5.32 Å². The Morgan fingerprint density at radius 1 is 1.42 bits per heavy atom. The minimum absolute atomic E-state index is 0.148. The van der Waals surface area contributed by atoms with Gasteiger partial charge in [-0.1, -0.05) is 12.1 Å². The second-order valence-electron chi connectivity index (χ2n) is 3.97. The SMILES string of the molecule is CSc1ccccc1NC(=O)/C=C/c1cnn(C)c1. The maximum absolute atomic E-state index is 11.8. The molecular weight excluding hydrogens is 258 g/mol. The molecule has 19 heavy (non-hydrogen) atoms. The maximum atomic E-state index is 11.8. The second-order valence-corrected chi connectivity index (χ2v) is 4.82. The van der Waals surface area contributed by atoms with E-state index in [1.54, 1.807) is 28.7 Å². The van der Waals surface area contributed by atoms with Crippen LogP contribution in [0.1, 0.15) is 5.56 Å². The first-order chi connectivity index (χ1) is 9.19. The molecular formula is C14H15N3OS. The van der Waals surface area contributed by atoms with Crippen molar-refractivity contribution in [3.63, 3.8) is 0 Å². The van der Waals surface area contributed by atoms with E-state index in [1.807, 2.05) is 43.8 Å². The van der Waals surface area contributed by atoms with Crippen molar-refractivity contribution in [1.82, 2.24) is 9.78 Å². The lowest BCUT2D eigenvalue weighted by molar-refractivity contribution is -0.111. The van der Waals surface area contributed by atoms with Gasteiger partial charge in [-0.2, -0.15) is 5.10 Å². The van der Waals surface area contributed by atoms with Crippen LogP contribution >= 0.6 is 11.8 Å². The van der Waals surface area contributed by atoms with Gasteiger partial charge in [0.2, 0.25) is 5.91 Å². The number of nitrogens with zero attached hydrogens (tertiary/aromatic N) is 2. The van der Waals surface area contributed by atoms with Crippen LogP contribution in [-0.4, -0.2) is 21.9 Å². The van der Waals surface area contributed by atoms with E-state index >= 15 is 0 Å². The number of amides is 1. The molecule has 1 amide bonds. The van der Waals surface area contributed by atoms with Gasteiger partial charge in [0.15, 0.2) is 0 Å². The second kappa shape index (κ2) is 6.24. The summed E-state index contributed by atoms with van der Waals surface area (Å²) in [6, 6.07) is 7.72. The molecule has 0 atom stereocenters. The predicted octanol–water partition coefficient (Wildman–Crippen LogP) is 2.79. The van der Waals surface area contributed by atoms with Gasteiger partial charge >= 0.3 is 0 Å². The van der Waals surface area contributed by atoms with Gasteiger partial charge in [-0.25, -0.2) is 0 Å². The minimum Gasteiger partial charge on any atom is -0.321 e. The van der Waals surface area contributed by atoms with Crippen molar-refractivity contribution in [2.75, 3.05) is 11.6 Å². The minimum atomic E-state index is -0.148. The largest absolute Gasteiger partial charge is 0.321 e. The molecule has 4 nitrogen and oxygen atoms in total. The molecule has 0 aliphatic rings. The number of aromatic nitrogens is 2. The van der Waals surface area contributed by atoms with E-state index < -0.39 is 0 Å². The molecule has 0 spiro atoms. The number of benzene rings is 1. The highest BCUT2D eigenvalue weighted by molar-refractivity contribution is 7.98. The van der Waals surface area contributed by atoms with Crippen LogP contribution < -0.4 is 5.32 Å². The molecule has 1 aromatic carbocycles. The third-order valence-corrected chi connectivity index (χ3v) is 3.31. The topological polar surface area (TPSA) is 46.9 Å². The van der Waals surface area contributed by atoms with E-state index in [-0.39, 0.29) is 5.91 Å². The van der Waals surface area contributed by atoms with Gasteiger partial charge in [-0.05, 0) is 24.5 Å². The van der Waals surface area contributed by atoms with Crippen LogP contribution in [-0.2, 0) is 11.8 Å². The van der Waals surface area contributed by atoms with E-state index in [9.17, 15) is 4.79 Å². The van der Waals surface area contributed by atoms with E-state index in [0.29, 0.717) is 0 Å². The zero-order valence-electron chi connectivity index (χ0n) is 10.8. The number of aryl methyl sites for hydroxylation is 1. The van der Waals surface area contributed by atoms with Crippen LogP contribution in [0.5, 0.6) is 0 Å². The fourth-order valence-electron chi connectivity index (χ4n) is 1.62.